The normalized spacial score (nSPS) is 13.9. The lowest BCUT2D eigenvalue weighted by molar-refractivity contribution is -0.0364. The Morgan fingerprint density at radius 3 is 2.87 bits per heavy atom. The Kier molecular flexibility index (Phi) is 6.94. The number of halogens is 2. The van der Waals surface area contributed by atoms with Crippen LogP contribution < -0.4 is 15.4 Å². The quantitative estimate of drug-likeness (QED) is 0.313. The van der Waals surface area contributed by atoms with Crippen molar-refractivity contribution in [2.75, 3.05) is 31.0 Å². The zero-order valence-corrected chi connectivity index (χ0v) is 20.9. The van der Waals surface area contributed by atoms with E-state index in [0.717, 1.165) is 0 Å². The summed E-state index contributed by atoms with van der Waals surface area (Å²) in [4.78, 5) is 24.6. The van der Waals surface area contributed by atoms with Crippen LogP contribution in [0.5, 0.6) is 11.5 Å². The van der Waals surface area contributed by atoms with Crippen LogP contribution in [0.4, 0.5) is 31.2 Å². The van der Waals surface area contributed by atoms with Crippen LogP contribution in [0, 0.1) is 11.3 Å². The SMILES string of the molecule is COCCOC(=O)Nc1cc(Oc2cnc3nc(Nc4cc5n(n4)CCCC5(F)F)n(C)c3c2C#N)ccn1. The molecule has 1 aliphatic rings. The highest BCUT2D eigenvalue weighted by Crippen LogP contribution is 2.38. The second-order valence-corrected chi connectivity index (χ2v) is 8.58. The maximum atomic E-state index is 14.3. The molecule has 13 nitrogen and oxygen atoms in total. The molecule has 0 radical (unpaired) electrons. The van der Waals surface area contributed by atoms with E-state index in [2.05, 4.69) is 36.8 Å². The van der Waals surface area contributed by atoms with Crippen LogP contribution in [0.25, 0.3) is 11.2 Å². The predicted octanol–water partition coefficient (Wildman–Crippen LogP) is 4.05. The van der Waals surface area contributed by atoms with E-state index in [0.29, 0.717) is 18.5 Å². The van der Waals surface area contributed by atoms with E-state index in [1.54, 1.807) is 17.7 Å². The summed E-state index contributed by atoms with van der Waals surface area (Å²) in [5.41, 5.74) is 0.593. The summed E-state index contributed by atoms with van der Waals surface area (Å²) in [5, 5.41) is 19.6. The number of alkyl halides is 2. The topological polar surface area (TPSA) is 154 Å². The number of carbonyl (C=O) groups excluding carboxylic acids is 1. The summed E-state index contributed by atoms with van der Waals surface area (Å²) in [6.07, 6.45) is 2.16. The number of ether oxygens (including phenoxy) is 3. The van der Waals surface area contributed by atoms with Crippen molar-refractivity contribution in [3.8, 4) is 17.6 Å². The fourth-order valence-electron chi connectivity index (χ4n) is 4.12. The lowest BCUT2D eigenvalue weighted by atomic mass is 10.1. The summed E-state index contributed by atoms with van der Waals surface area (Å²) in [6, 6.07) is 6.41. The number of hydrogen-bond donors (Lipinski definition) is 2. The monoisotopic (exact) mass is 539 g/mol. The smallest absolute Gasteiger partial charge is 0.412 e. The molecule has 0 fully saturated rings. The lowest BCUT2D eigenvalue weighted by Gasteiger charge is -2.22. The van der Waals surface area contributed by atoms with Crippen molar-refractivity contribution in [3.63, 3.8) is 0 Å². The van der Waals surface area contributed by atoms with Crippen molar-refractivity contribution >= 4 is 34.8 Å². The Labute approximate surface area is 220 Å². The van der Waals surface area contributed by atoms with Crippen LogP contribution in [-0.4, -0.2) is 55.7 Å². The first-order valence-corrected chi connectivity index (χ1v) is 11.8. The maximum Gasteiger partial charge on any atom is 0.412 e. The first-order valence-electron chi connectivity index (χ1n) is 11.8. The molecule has 4 aromatic heterocycles. The van der Waals surface area contributed by atoms with E-state index < -0.39 is 12.0 Å². The van der Waals surface area contributed by atoms with Gasteiger partial charge < -0.3 is 24.1 Å². The molecule has 0 atom stereocenters. The summed E-state index contributed by atoms with van der Waals surface area (Å²) in [7, 11) is 3.14. The van der Waals surface area contributed by atoms with E-state index in [4.69, 9.17) is 14.2 Å². The Hall–Kier alpha value is -4.84. The molecule has 0 saturated heterocycles. The van der Waals surface area contributed by atoms with Gasteiger partial charge in [0.05, 0.1) is 12.8 Å². The summed E-state index contributed by atoms with van der Waals surface area (Å²) < 4.78 is 47.1. The number of aromatic nitrogens is 6. The zero-order chi connectivity index (χ0) is 27.6. The van der Waals surface area contributed by atoms with Crippen LogP contribution in [0.3, 0.4) is 0 Å². The number of aryl methyl sites for hydroxylation is 2. The highest BCUT2D eigenvalue weighted by Gasteiger charge is 2.38. The second kappa shape index (κ2) is 10.5. The number of nitrogens with one attached hydrogen (secondary N) is 2. The van der Waals surface area contributed by atoms with E-state index >= 15 is 0 Å². The van der Waals surface area contributed by atoms with Gasteiger partial charge in [-0.05, 0) is 12.5 Å². The highest BCUT2D eigenvalue weighted by atomic mass is 19.3. The van der Waals surface area contributed by atoms with Gasteiger partial charge in [-0.25, -0.2) is 14.8 Å². The molecule has 0 bridgehead atoms. The number of pyridine rings is 2. The molecule has 0 unspecified atom stereocenters. The first-order chi connectivity index (χ1) is 18.8. The van der Waals surface area contributed by atoms with Gasteiger partial charge in [-0.2, -0.15) is 24.1 Å². The van der Waals surface area contributed by atoms with Gasteiger partial charge in [0.15, 0.2) is 17.2 Å². The van der Waals surface area contributed by atoms with Gasteiger partial charge in [-0.15, -0.1) is 0 Å². The van der Waals surface area contributed by atoms with Crippen molar-refractivity contribution in [2.24, 2.45) is 7.05 Å². The molecule has 202 valence electrons. The highest BCUT2D eigenvalue weighted by molar-refractivity contribution is 5.85. The van der Waals surface area contributed by atoms with E-state index in [-0.39, 0.29) is 65.6 Å². The van der Waals surface area contributed by atoms with Crippen LogP contribution in [0.1, 0.15) is 24.1 Å². The first kappa shape index (κ1) is 25.8. The minimum absolute atomic E-state index is 0.0762. The lowest BCUT2D eigenvalue weighted by Crippen LogP contribution is -2.25. The van der Waals surface area contributed by atoms with Crippen molar-refractivity contribution in [2.45, 2.75) is 25.3 Å². The van der Waals surface area contributed by atoms with Crippen LogP contribution in [0.2, 0.25) is 0 Å². The molecule has 1 aliphatic heterocycles. The number of carbonyl (C=O) groups is 1. The summed E-state index contributed by atoms with van der Waals surface area (Å²) in [5.74, 6) is -1.91. The number of fused-ring (bicyclic) bond motifs is 2. The van der Waals surface area contributed by atoms with Crippen LogP contribution in [-0.2, 0) is 29.0 Å². The Morgan fingerprint density at radius 1 is 1.26 bits per heavy atom. The molecule has 1 amide bonds. The van der Waals surface area contributed by atoms with Gasteiger partial charge in [-0.3, -0.25) is 10.00 Å². The number of hydrogen-bond acceptors (Lipinski definition) is 10. The minimum atomic E-state index is -2.95. The van der Waals surface area contributed by atoms with Gasteiger partial charge in [0.2, 0.25) is 5.95 Å². The molecule has 4 aromatic rings. The van der Waals surface area contributed by atoms with E-state index in [1.807, 2.05) is 0 Å². The van der Waals surface area contributed by atoms with E-state index in [9.17, 15) is 18.8 Å². The zero-order valence-electron chi connectivity index (χ0n) is 20.9. The number of methoxy groups -OCH3 is 1. The molecule has 15 heteroatoms. The number of nitrogens with zero attached hydrogens (tertiary/aromatic N) is 7. The Morgan fingerprint density at radius 2 is 2.10 bits per heavy atom. The third-order valence-electron chi connectivity index (χ3n) is 5.94. The molecule has 5 heterocycles. The van der Waals surface area contributed by atoms with Crippen molar-refractivity contribution in [1.29, 1.82) is 5.26 Å². The summed E-state index contributed by atoms with van der Waals surface area (Å²) in [6.45, 7) is 0.728. The minimum Gasteiger partial charge on any atom is -0.454 e. The van der Waals surface area contributed by atoms with Crippen molar-refractivity contribution in [3.05, 3.63) is 41.9 Å². The van der Waals surface area contributed by atoms with Gasteiger partial charge in [0.25, 0.3) is 5.92 Å². The fourth-order valence-corrected chi connectivity index (χ4v) is 4.12. The van der Waals surface area contributed by atoms with Gasteiger partial charge in [0.1, 0.15) is 41.0 Å². The van der Waals surface area contributed by atoms with Gasteiger partial charge in [0, 0.05) is 45.5 Å². The number of nitriles is 1. The fraction of sp³-hybridized carbons (Fsp3) is 0.333. The number of anilines is 3. The van der Waals surface area contributed by atoms with Gasteiger partial charge >= 0.3 is 6.09 Å². The molecule has 0 aromatic carbocycles. The molecule has 0 aliphatic carbocycles. The molecular weight excluding hydrogens is 516 g/mol. The predicted molar refractivity (Wildman–Crippen MR) is 133 cm³/mol. The molecule has 39 heavy (non-hydrogen) atoms. The largest absolute Gasteiger partial charge is 0.454 e. The van der Waals surface area contributed by atoms with Crippen LogP contribution >= 0.6 is 0 Å². The third-order valence-corrected chi connectivity index (χ3v) is 5.94. The molecule has 5 rings (SSSR count). The van der Waals surface area contributed by atoms with E-state index in [1.165, 1.54) is 36.3 Å². The maximum absolute atomic E-state index is 14.3. The van der Waals surface area contributed by atoms with Crippen molar-refractivity contribution < 1.29 is 27.8 Å². The Balaban J connectivity index is 1.38. The third kappa shape index (κ3) is 5.27. The average Bonchev–Trinajstić information content (AvgIpc) is 3.46. The number of rotatable bonds is 8. The van der Waals surface area contributed by atoms with Crippen molar-refractivity contribution in [1.82, 2.24) is 29.3 Å². The summed E-state index contributed by atoms with van der Waals surface area (Å²) >= 11 is 0. The standard InChI is InChI=1S/C24H23F2N9O4/c1-34-20-15(12-27)16(39-14-4-6-28-18(10-14)31-23(36)38-9-8-37-2)13-29-21(20)32-22(34)30-19-11-17-24(25,26)5-3-7-35(17)33-19/h4,6,10-11,13H,3,5,7-9H2,1-2H3,(H,28,31,36)(H,29,30,32,33). The second-order valence-electron chi connectivity index (χ2n) is 8.58. The Bertz CT molecular complexity index is 1580. The molecule has 2 N–H and O–H groups in total. The van der Waals surface area contributed by atoms with Gasteiger partial charge in [-0.1, -0.05) is 0 Å². The molecule has 0 spiro atoms. The average molecular weight is 540 g/mol. The molecule has 0 saturated carbocycles. The number of amides is 1. The van der Waals surface area contributed by atoms with Crippen LogP contribution in [0.15, 0.2) is 30.6 Å². The molecular formula is C24H23F2N9O4. The number of imidazole rings is 1.